The summed E-state index contributed by atoms with van der Waals surface area (Å²) in [5.74, 6) is 0.816. The van der Waals surface area contributed by atoms with Crippen LogP contribution in [0.1, 0.15) is 10.4 Å². The van der Waals surface area contributed by atoms with E-state index in [1.54, 1.807) is 28.8 Å². The van der Waals surface area contributed by atoms with Crippen LogP contribution in [0.3, 0.4) is 0 Å². The molecule has 0 unspecified atom stereocenters. The summed E-state index contributed by atoms with van der Waals surface area (Å²) in [5, 5.41) is 11.4. The van der Waals surface area contributed by atoms with Crippen molar-refractivity contribution in [3.8, 4) is 17.2 Å². The van der Waals surface area contributed by atoms with Crippen molar-refractivity contribution in [2.75, 3.05) is 30.9 Å². The minimum absolute atomic E-state index is 0.222. The highest BCUT2D eigenvalue weighted by molar-refractivity contribution is 7.99. The van der Waals surface area contributed by atoms with E-state index in [2.05, 4.69) is 0 Å². The number of thioether (sulfide) groups is 1. The molecule has 29 heavy (non-hydrogen) atoms. The highest BCUT2D eigenvalue weighted by Crippen LogP contribution is 2.40. The van der Waals surface area contributed by atoms with Crippen LogP contribution >= 0.6 is 11.8 Å². The lowest BCUT2D eigenvalue weighted by Crippen LogP contribution is -2.40. The molecular formula is C21H18N2O5S. The zero-order chi connectivity index (χ0) is 20.1. The van der Waals surface area contributed by atoms with Gasteiger partial charge in [0.2, 0.25) is 0 Å². The van der Waals surface area contributed by atoms with Gasteiger partial charge in [-0.2, -0.15) is 0 Å². The Labute approximate surface area is 170 Å². The number of aromatic hydroxyl groups is 1. The number of methoxy groups -OCH3 is 1. The number of anilines is 1. The number of hydrogen-bond donors (Lipinski definition) is 1. The third-order valence-electron chi connectivity index (χ3n) is 5.27. The predicted octanol–water partition coefficient (Wildman–Crippen LogP) is 2.86. The van der Waals surface area contributed by atoms with Gasteiger partial charge < -0.3 is 24.0 Å². The van der Waals surface area contributed by atoms with Gasteiger partial charge in [0.25, 0.3) is 11.5 Å². The minimum Gasteiger partial charge on any atom is -0.506 e. The number of ether oxygens (including phenoxy) is 2. The van der Waals surface area contributed by atoms with Crippen LogP contribution < -0.4 is 19.9 Å². The summed E-state index contributed by atoms with van der Waals surface area (Å²) in [6.07, 6.45) is 0. The number of para-hydroxylation sites is 1. The van der Waals surface area contributed by atoms with Crippen molar-refractivity contribution in [1.82, 2.24) is 4.57 Å². The number of amides is 1. The van der Waals surface area contributed by atoms with Crippen LogP contribution in [-0.4, -0.2) is 41.6 Å². The number of carbonyl (C=O) groups excluding carboxylic acids is 1. The van der Waals surface area contributed by atoms with E-state index in [1.165, 1.54) is 11.7 Å². The first-order valence-corrected chi connectivity index (χ1v) is 10.2. The van der Waals surface area contributed by atoms with Gasteiger partial charge in [-0.05, 0) is 18.2 Å². The van der Waals surface area contributed by atoms with Gasteiger partial charge in [-0.15, -0.1) is 11.8 Å². The quantitative estimate of drug-likeness (QED) is 0.700. The summed E-state index contributed by atoms with van der Waals surface area (Å²) >= 11 is 1.67. The molecule has 0 bridgehead atoms. The molecule has 0 atom stereocenters. The first-order valence-electron chi connectivity index (χ1n) is 9.24. The zero-order valence-corrected chi connectivity index (χ0v) is 16.5. The largest absolute Gasteiger partial charge is 0.506 e. The summed E-state index contributed by atoms with van der Waals surface area (Å²) < 4.78 is 12.5. The van der Waals surface area contributed by atoms with Crippen molar-refractivity contribution in [3.63, 3.8) is 0 Å². The molecule has 1 amide bonds. The molecule has 0 saturated heterocycles. The standard InChI is InChI=1S/C21H18N2O5S/c1-27-12-10-13-18-15(11-12)28-8-6-23(18)21(26)17(19(13)24)20(25)22-7-9-29-16-5-3-2-4-14(16)22/h2-5,10-11,24H,6-9H2,1H3. The third kappa shape index (κ3) is 2.66. The fourth-order valence-corrected chi connectivity index (χ4v) is 4.90. The molecule has 2 aromatic carbocycles. The van der Waals surface area contributed by atoms with Crippen molar-refractivity contribution < 1.29 is 19.4 Å². The van der Waals surface area contributed by atoms with Crippen LogP contribution in [-0.2, 0) is 6.54 Å². The maximum Gasteiger partial charge on any atom is 0.267 e. The van der Waals surface area contributed by atoms with E-state index in [0.29, 0.717) is 42.1 Å². The Morgan fingerprint density at radius 3 is 2.90 bits per heavy atom. The second kappa shape index (κ2) is 6.73. The molecule has 3 aromatic rings. The van der Waals surface area contributed by atoms with Crippen molar-refractivity contribution >= 4 is 34.3 Å². The Morgan fingerprint density at radius 2 is 2.07 bits per heavy atom. The molecule has 1 N–H and O–H groups in total. The van der Waals surface area contributed by atoms with E-state index in [1.807, 2.05) is 24.3 Å². The van der Waals surface area contributed by atoms with Crippen molar-refractivity contribution in [3.05, 3.63) is 52.3 Å². The Balaban J connectivity index is 1.75. The topological polar surface area (TPSA) is 81.0 Å². The number of pyridine rings is 1. The van der Waals surface area contributed by atoms with Gasteiger partial charge in [-0.1, -0.05) is 12.1 Å². The highest BCUT2D eigenvalue weighted by Gasteiger charge is 2.31. The Morgan fingerprint density at radius 1 is 1.24 bits per heavy atom. The van der Waals surface area contributed by atoms with E-state index in [4.69, 9.17) is 9.47 Å². The number of aromatic nitrogens is 1. The first kappa shape index (κ1) is 17.9. The van der Waals surface area contributed by atoms with Gasteiger partial charge in [-0.3, -0.25) is 9.59 Å². The van der Waals surface area contributed by atoms with Gasteiger partial charge in [0.05, 0.1) is 24.9 Å². The van der Waals surface area contributed by atoms with Crippen LogP contribution in [0.15, 0.2) is 46.1 Å². The second-order valence-electron chi connectivity index (χ2n) is 6.82. The fourth-order valence-electron chi connectivity index (χ4n) is 3.91. The lowest BCUT2D eigenvalue weighted by Gasteiger charge is -2.29. The van der Waals surface area contributed by atoms with Crippen molar-refractivity contribution in [2.45, 2.75) is 11.4 Å². The smallest absolute Gasteiger partial charge is 0.267 e. The SMILES string of the molecule is COc1cc2c3c(c1)c(O)c(C(=O)N1CCSc4ccccc41)c(=O)n3CCO2. The van der Waals surface area contributed by atoms with Crippen LogP contribution in [0.2, 0.25) is 0 Å². The molecule has 2 aliphatic heterocycles. The maximum atomic E-state index is 13.5. The summed E-state index contributed by atoms with van der Waals surface area (Å²) in [4.78, 5) is 29.2. The Bertz CT molecular complexity index is 1220. The number of rotatable bonds is 2. The number of benzene rings is 2. The van der Waals surface area contributed by atoms with E-state index in [0.717, 1.165) is 16.3 Å². The van der Waals surface area contributed by atoms with Crippen LogP contribution in [0.5, 0.6) is 17.2 Å². The molecule has 0 radical (unpaired) electrons. The Kier molecular flexibility index (Phi) is 4.16. The average Bonchev–Trinajstić information content (AvgIpc) is 2.76. The molecular weight excluding hydrogens is 392 g/mol. The molecule has 148 valence electrons. The molecule has 7 nitrogen and oxygen atoms in total. The normalized spacial score (nSPS) is 15.0. The molecule has 0 aliphatic carbocycles. The molecule has 0 fully saturated rings. The molecule has 0 saturated carbocycles. The van der Waals surface area contributed by atoms with Gasteiger partial charge in [-0.25, -0.2) is 0 Å². The van der Waals surface area contributed by atoms with Gasteiger partial charge >= 0.3 is 0 Å². The predicted molar refractivity (Wildman–Crippen MR) is 111 cm³/mol. The number of carbonyl (C=O) groups is 1. The first-order chi connectivity index (χ1) is 14.1. The van der Waals surface area contributed by atoms with Crippen LogP contribution in [0.4, 0.5) is 5.69 Å². The highest BCUT2D eigenvalue weighted by atomic mass is 32.2. The lowest BCUT2D eigenvalue weighted by atomic mass is 10.1. The van der Waals surface area contributed by atoms with E-state index in [-0.39, 0.29) is 11.3 Å². The summed E-state index contributed by atoms with van der Waals surface area (Å²) in [5.41, 5.74) is 0.498. The van der Waals surface area contributed by atoms with Gasteiger partial charge in [0.1, 0.15) is 29.4 Å². The average molecular weight is 410 g/mol. The van der Waals surface area contributed by atoms with E-state index < -0.39 is 11.5 Å². The van der Waals surface area contributed by atoms with Crippen molar-refractivity contribution in [1.29, 1.82) is 0 Å². The zero-order valence-electron chi connectivity index (χ0n) is 15.7. The lowest BCUT2D eigenvalue weighted by molar-refractivity contribution is 0.0983. The number of hydrogen-bond acceptors (Lipinski definition) is 6. The molecule has 0 spiro atoms. The second-order valence-corrected chi connectivity index (χ2v) is 7.96. The van der Waals surface area contributed by atoms with Crippen molar-refractivity contribution in [2.24, 2.45) is 0 Å². The third-order valence-corrected chi connectivity index (χ3v) is 6.31. The number of fused-ring (bicyclic) bond motifs is 1. The summed E-state index contributed by atoms with van der Waals surface area (Å²) in [6.45, 7) is 1.07. The monoisotopic (exact) mass is 410 g/mol. The van der Waals surface area contributed by atoms with Gasteiger partial charge in [0, 0.05) is 28.6 Å². The Hall–Kier alpha value is -3.13. The summed E-state index contributed by atoms with van der Waals surface area (Å²) in [6, 6.07) is 10.9. The molecule has 8 heteroatoms. The van der Waals surface area contributed by atoms with E-state index in [9.17, 15) is 14.7 Å². The van der Waals surface area contributed by atoms with Crippen LogP contribution in [0.25, 0.3) is 10.9 Å². The molecule has 1 aromatic heterocycles. The molecule has 3 heterocycles. The molecule has 2 aliphatic rings. The maximum absolute atomic E-state index is 13.5. The van der Waals surface area contributed by atoms with Crippen LogP contribution in [0, 0.1) is 0 Å². The summed E-state index contributed by atoms with van der Waals surface area (Å²) in [7, 11) is 1.51. The fraction of sp³-hybridized carbons (Fsp3) is 0.238. The van der Waals surface area contributed by atoms with E-state index >= 15 is 0 Å². The number of nitrogens with zero attached hydrogens (tertiary/aromatic N) is 2. The minimum atomic E-state index is -0.509. The molecule has 5 rings (SSSR count). The van der Waals surface area contributed by atoms with Gasteiger partial charge in [0.15, 0.2) is 0 Å².